The van der Waals surface area contributed by atoms with Crippen molar-refractivity contribution in [3.8, 4) is 5.75 Å². The molecule has 2 aromatic heterocycles. The molecule has 0 amide bonds. The van der Waals surface area contributed by atoms with Crippen LogP contribution in [0.4, 0.5) is 0 Å². The second-order valence-corrected chi connectivity index (χ2v) is 5.87. The summed E-state index contributed by atoms with van der Waals surface area (Å²) in [5.41, 5.74) is 2.09. The predicted molar refractivity (Wildman–Crippen MR) is 84.2 cm³/mol. The molecule has 6 nitrogen and oxygen atoms in total. The van der Waals surface area contributed by atoms with Crippen molar-refractivity contribution in [3.63, 3.8) is 0 Å². The van der Waals surface area contributed by atoms with E-state index in [1.54, 1.807) is 7.11 Å². The van der Waals surface area contributed by atoms with Gasteiger partial charge in [-0.3, -0.25) is 9.20 Å². The highest BCUT2D eigenvalue weighted by Gasteiger charge is 2.19. The van der Waals surface area contributed by atoms with Crippen molar-refractivity contribution in [2.24, 2.45) is 0 Å². The predicted octanol–water partition coefficient (Wildman–Crippen LogP) is 2.32. The molecule has 0 aliphatic carbocycles. The van der Waals surface area contributed by atoms with Gasteiger partial charge in [-0.25, -0.2) is 9.78 Å². The Morgan fingerprint density at radius 1 is 1.32 bits per heavy atom. The summed E-state index contributed by atoms with van der Waals surface area (Å²) in [5, 5.41) is 0. The van der Waals surface area contributed by atoms with Crippen LogP contribution in [0.1, 0.15) is 21.5 Å². The van der Waals surface area contributed by atoms with Crippen molar-refractivity contribution in [2.75, 3.05) is 14.2 Å². The molecule has 0 spiro atoms. The number of ether oxygens (including phenoxy) is 2. The number of methoxy groups -OCH3 is 2. The summed E-state index contributed by atoms with van der Waals surface area (Å²) >= 11 is 1.39. The molecular weight excluding hydrogens is 304 g/mol. The molecule has 7 heteroatoms. The number of thiazole rings is 1. The topological polar surface area (TPSA) is 69.9 Å². The van der Waals surface area contributed by atoms with Crippen molar-refractivity contribution in [1.29, 1.82) is 0 Å². The van der Waals surface area contributed by atoms with Crippen LogP contribution < -0.4 is 10.3 Å². The number of fused-ring (bicyclic) bond motifs is 3. The van der Waals surface area contributed by atoms with Crippen LogP contribution in [0.3, 0.4) is 0 Å². The summed E-state index contributed by atoms with van der Waals surface area (Å²) in [6, 6.07) is 1.87. The van der Waals surface area contributed by atoms with Gasteiger partial charge in [0.1, 0.15) is 11.3 Å². The van der Waals surface area contributed by atoms with Crippen LogP contribution in [-0.4, -0.2) is 29.6 Å². The molecule has 0 radical (unpaired) electrons. The number of aromatic nitrogens is 2. The summed E-state index contributed by atoms with van der Waals surface area (Å²) in [7, 11) is 2.86. The summed E-state index contributed by atoms with van der Waals surface area (Å²) in [6.07, 6.45) is 1.26. The first-order chi connectivity index (χ1) is 10.5. The van der Waals surface area contributed by atoms with Gasteiger partial charge in [-0.05, 0) is 25.5 Å². The Hall–Kier alpha value is -2.41. The second kappa shape index (κ2) is 5.10. The molecular formula is C15H14N2O4S. The lowest BCUT2D eigenvalue weighted by atomic mass is 10.1. The molecule has 3 rings (SSSR count). The van der Waals surface area contributed by atoms with Gasteiger partial charge in [0, 0.05) is 5.56 Å². The minimum Gasteiger partial charge on any atom is -0.496 e. The zero-order chi connectivity index (χ0) is 16.0. The van der Waals surface area contributed by atoms with Crippen LogP contribution in [-0.2, 0) is 4.74 Å². The van der Waals surface area contributed by atoms with Crippen molar-refractivity contribution >= 4 is 32.5 Å². The molecule has 0 saturated heterocycles. The lowest BCUT2D eigenvalue weighted by Gasteiger charge is -2.09. The van der Waals surface area contributed by atoms with E-state index in [9.17, 15) is 9.59 Å². The van der Waals surface area contributed by atoms with E-state index in [0.717, 1.165) is 27.1 Å². The average molecular weight is 318 g/mol. The van der Waals surface area contributed by atoms with Gasteiger partial charge in [-0.15, -0.1) is 0 Å². The lowest BCUT2D eigenvalue weighted by Crippen LogP contribution is -2.22. The van der Waals surface area contributed by atoms with E-state index in [0.29, 0.717) is 4.96 Å². The lowest BCUT2D eigenvalue weighted by molar-refractivity contribution is 0.0598. The third kappa shape index (κ3) is 1.89. The highest BCUT2D eigenvalue weighted by molar-refractivity contribution is 7.23. The zero-order valence-electron chi connectivity index (χ0n) is 12.6. The minimum absolute atomic E-state index is 0.0779. The molecule has 3 aromatic rings. The first-order valence-electron chi connectivity index (χ1n) is 6.56. The Balaban J connectivity index is 2.48. The van der Waals surface area contributed by atoms with Crippen LogP contribution in [0.15, 0.2) is 17.1 Å². The highest BCUT2D eigenvalue weighted by Crippen LogP contribution is 2.35. The fourth-order valence-corrected chi connectivity index (χ4v) is 3.66. The van der Waals surface area contributed by atoms with Crippen LogP contribution >= 0.6 is 11.3 Å². The molecule has 0 N–H and O–H groups in total. The molecule has 0 aliphatic rings. The Morgan fingerprint density at radius 2 is 2.05 bits per heavy atom. The van der Waals surface area contributed by atoms with Gasteiger partial charge in [0.05, 0.1) is 30.6 Å². The molecule has 1 aromatic carbocycles. The van der Waals surface area contributed by atoms with Crippen molar-refractivity contribution in [2.45, 2.75) is 13.8 Å². The summed E-state index contributed by atoms with van der Waals surface area (Å²) in [6.45, 7) is 3.85. The Morgan fingerprint density at radius 3 is 2.68 bits per heavy atom. The monoisotopic (exact) mass is 318 g/mol. The van der Waals surface area contributed by atoms with E-state index in [-0.39, 0.29) is 5.56 Å². The molecule has 0 fully saturated rings. The number of rotatable bonds is 2. The first-order valence-corrected chi connectivity index (χ1v) is 7.38. The van der Waals surface area contributed by atoms with Crippen molar-refractivity contribution < 1.29 is 14.3 Å². The fraction of sp³-hybridized carbons (Fsp3) is 0.267. The third-order valence-corrected chi connectivity index (χ3v) is 4.79. The first kappa shape index (κ1) is 14.5. The molecule has 0 saturated carbocycles. The molecule has 2 heterocycles. The largest absolute Gasteiger partial charge is 0.496 e. The van der Waals surface area contributed by atoms with Crippen LogP contribution in [0, 0.1) is 13.8 Å². The molecule has 22 heavy (non-hydrogen) atoms. The standard InChI is InChI=1S/C15H14N2O4S/c1-7-5-10-12(8(2)11(7)20-3)22-15-16-6-9(14(19)21-4)13(18)17(10)15/h5-6H,1-4H3. The molecule has 0 atom stereocenters. The third-order valence-electron chi connectivity index (χ3n) is 3.60. The van der Waals surface area contributed by atoms with E-state index in [1.165, 1.54) is 29.0 Å². The van der Waals surface area contributed by atoms with Crippen LogP contribution in [0.25, 0.3) is 15.2 Å². The Bertz CT molecular complexity index is 971. The summed E-state index contributed by atoms with van der Waals surface area (Å²) < 4.78 is 12.4. The second-order valence-electron chi connectivity index (χ2n) is 4.89. The number of aryl methyl sites for hydroxylation is 2. The van der Waals surface area contributed by atoms with E-state index in [1.807, 2.05) is 19.9 Å². The zero-order valence-corrected chi connectivity index (χ0v) is 13.4. The Kier molecular flexibility index (Phi) is 3.37. The van der Waals surface area contributed by atoms with E-state index >= 15 is 0 Å². The van der Waals surface area contributed by atoms with Gasteiger partial charge >= 0.3 is 5.97 Å². The fourth-order valence-electron chi connectivity index (χ4n) is 2.60. The highest BCUT2D eigenvalue weighted by atomic mass is 32.1. The number of carbonyl (C=O) groups is 1. The molecule has 114 valence electrons. The van der Waals surface area contributed by atoms with Gasteiger partial charge in [0.25, 0.3) is 5.56 Å². The van der Waals surface area contributed by atoms with Crippen molar-refractivity contribution in [3.05, 3.63) is 39.3 Å². The summed E-state index contributed by atoms with van der Waals surface area (Å²) in [5.74, 6) is 0.105. The van der Waals surface area contributed by atoms with Crippen LogP contribution in [0.2, 0.25) is 0 Å². The number of esters is 1. The quantitative estimate of drug-likeness (QED) is 0.678. The number of benzene rings is 1. The van der Waals surface area contributed by atoms with Crippen LogP contribution in [0.5, 0.6) is 5.75 Å². The number of hydrogen-bond acceptors (Lipinski definition) is 6. The van der Waals surface area contributed by atoms with E-state index in [2.05, 4.69) is 9.72 Å². The maximum atomic E-state index is 12.6. The Labute approximate surface area is 129 Å². The molecule has 0 unspecified atom stereocenters. The smallest absolute Gasteiger partial charge is 0.345 e. The molecule has 0 bridgehead atoms. The van der Waals surface area contributed by atoms with Gasteiger partial charge in [0.2, 0.25) is 0 Å². The maximum absolute atomic E-state index is 12.6. The van der Waals surface area contributed by atoms with Crippen molar-refractivity contribution in [1.82, 2.24) is 9.38 Å². The van der Waals surface area contributed by atoms with E-state index in [4.69, 9.17) is 4.74 Å². The number of carbonyl (C=O) groups excluding carboxylic acids is 1. The minimum atomic E-state index is -0.687. The van der Waals surface area contributed by atoms with Gasteiger partial charge < -0.3 is 9.47 Å². The van der Waals surface area contributed by atoms with Gasteiger partial charge in [-0.1, -0.05) is 11.3 Å². The van der Waals surface area contributed by atoms with E-state index < -0.39 is 11.5 Å². The van der Waals surface area contributed by atoms with Gasteiger partial charge in [0.15, 0.2) is 4.96 Å². The average Bonchev–Trinajstić information content (AvgIpc) is 2.87. The normalized spacial score (nSPS) is 11.1. The maximum Gasteiger partial charge on any atom is 0.345 e. The molecule has 0 aliphatic heterocycles. The summed E-state index contributed by atoms with van der Waals surface area (Å²) in [4.78, 5) is 29.0. The van der Waals surface area contributed by atoms with Gasteiger partial charge in [-0.2, -0.15) is 0 Å². The SMILES string of the molecule is COC(=O)c1cnc2sc3c(C)c(OC)c(C)cc3n2c1=O. The number of nitrogens with zero attached hydrogens (tertiary/aromatic N) is 2. The number of hydrogen-bond donors (Lipinski definition) is 0.